The molecule has 0 radical (unpaired) electrons. The van der Waals surface area contributed by atoms with Crippen LogP contribution >= 0.6 is 11.8 Å². The lowest BCUT2D eigenvalue weighted by atomic mass is 10.1. The predicted molar refractivity (Wildman–Crippen MR) is 134 cm³/mol. The first kappa shape index (κ1) is 22.9. The fraction of sp³-hybridized carbons (Fsp3) is 0.269. The van der Waals surface area contributed by atoms with Gasteiger partial charge in [-0.2, -0.15) is 0 Å². The number of fused-ring (bicyclic) bond motifs is 1. The zero-order valence-corrected chi connectivity index (χ0v) is 19.9. The zero-order chi connectivity index (χ0) is 23.5. The highest BCUT2D eigenvalue weighted by molar-refractivity contribution is 8.19. The number of para-hydroxylation sites is 2. The van der Waals surface area contributed by atoms with Gasteiger partial charge in [-0.25, -0.2) is 4.90 Å². The Labute approximate surface area is 197 Å². The van der Waals surface area contributed by atoms with Gasteiger partial charge in [0.1, 0.15) is 6.54 Å². The number of carbonyl (C=O) groups excluding carboxylic acids is 3. The molecule has 0 spiro atoms. The van der Waals surface area contributed by atoms with Crippen LogP contribution in [-0.4, -0.2) is 39.6 Å². The summed E-state index contributed by atoms with van der Waals surface area (Å²) in [6.07, 6.45) is 4.51. The molecule has 0 aliphatic carbocycles. The number of nitrogens with zero attached hydrogens (tertiary/aromatic N) is 3. The molecular formula is C26H27N3O3S. The quantitative estimate of drug-likeness (QED) is 0.447. The molecule has 4 rings (SSSR count). The van der Waals surface area contributed by atoms with Crippen molar-refractivity contribution in [2.45, 2.75) is 33.7 Å². The van der Waals surface area contributed by atoms with E-state index in [1.54, 1.807) is 30.3 Å². The van der Waals surface area contributed by atoms with Crippen LogP contribution in [0.3, 0.4) is 0 Å². The van der Waals surface area contributed by atoms with Crippen molar-refractivity contribution in [3.8, 4) is 0 Å². The first-order valence-electron chi connectivity index (χ1n) is 11.2. The van der Waals surface area contributed by atoms with Crippen LogP contribution in [0.4, 0.5) is 10.5 Å². The van der Waals surface area contributed by atoms with E-state index in [2.05, 4.69) is 13.0 Å². The van der Waals surface area contributed by atoms with E-state index in [0.717, 1.165) is 40.2 Å². The van der Waals surface area contributed by atoms with Crippen molar-refractivity contribution in [3.05, 3.63) is 70.8 Å². The number of hydrogen-bond acceptors (Lipinski definition) is 4. The van der Waals surface area contributed by atoms with Crippen LogP contribution in [0.1, 0.15) is 31.9 Å². The van der Waals surface area contributed by atoms with E-state index >= 15 is 0 Å². The van der Waals surface area contributed by atoms with Crippen molar-refractivity contribution in [1.29, 1.82) is 0 Å². The van der Waals surface area contributed by atoms with E-state index in [1.807, 2.05) is 47.7 Å². The van der Waals surface area contributed by atoms with Gasteiger partial charge in [0.2, 0.25) is 5.91 Å². The summed E-state index contributed by atoms with van der Waals surface area (Å²) in [4.78, 5) is 41.9. The number of anilines is 1. The molecule has 2 aromatic carbocycles. The molecule has 0 bridgehead atoms. The summed E-state index contributed by atoms with van der Waals surface area (Å²) in [6, 6.07) is 15.0. The van der Waals surface area contributed by atoms with Gasteiger partial charge in [-0.05, 0) is 55.8 Å². The van der Waals surface area contributed by atoms with Gasteiger partial charge in [0.05, 0.1) is 16.1 Å². The number of benzene rings is 2. The Bertz CT molecular complexity index is 1240. The van der Waals surface area contributed by atoms with Crippen LogP contribution in [0.15, 0.2) is 59.6 Å². The van der Waals surface area contributed by atoms with Gasteiger partial charge in [0.15, 0.2) is 0 Å². The average Bonchev–Trinajstić information content (AvgIpc) is 3.31. The maximum absolute atomic E-state index is 13.1. The van der Waals surface area contributed by atoms with E-state index in [0.29, 0.717) is 23.7 Å². The molecular weight excluding hydrogens is 434 g/mol. The predicted octanol–water partition coefficient (Wildman–Crippen LogP) is 5.31. The van der Waals surface area contributed by atoms with Crippen molar-refractivity contribution in [2.24, 2.45) is 0 Å². The van der Waals surface area contributed by atoms with Gasteiger partial charge in [0.25, 0.3) is 11.1 Å². The Morgan fingerprint density at radius 3 is 2.39 bits per heavy atom. The molecule has 0 unspecified atom stereocenters. The summed E-state index contributed by atoms with van der Waals surface area (Å²) in [5.41, 5.74) is 3.51. The number of aryl methyl sites for hydroxylation is 1. The van der Waals surface area contributed by atoms with Crippen molar-refractivity contribution in [2.75, 3.05) is 18.0 Å². The Morgan fingerprint density at radius 1 is 1.00 bits per heavy atom. The Morgan fingerprint density at radius 2 is 1.73 bits per heavy atom. The third-order valence-corrected chi connectivity index (χ3v) is 6.78. The molecule has 1 saturated heterocycles. The molecule has 3 aromatic rings. The molecule has 0 N–H and O–H groups in total. The summed E-state index contributed by atoms with van der Waals surface area (Å²) < 4.78 is 1.97. The van der Waals surface area contributed by atoms with Crippen molar-refractivity contribution in [1.82, 2.24) is 9.47 Å². The minimum absolute atomic E-state index is 0.0544. The maximum atomic E-state index is 13.1. The van der Waals surface area contributed by atoms with Gasteiger partial charge >= 0.3 is 0 Å². The molecule has 3 amide bonds. The highest BCUT2D eigenvalue weighted by Gasteiger charge is 2.36. The second-order valence-electron chi connectivity index (χ2n) is 7.80. The van der Waals surface area contributed by atoms with Gasteiger partial charge in [-0.15, -0.1) is 0 Å². The molecule has 1 aromatic heterocycles. The summed E-state index contributed by atoms with van der Waals surface area (Å²) in [5.74, 6) is -0.276. The molecule has 170 valence electrons. The van der Waals surface area contributed by atoms with Crippen LogP contribution in [0.5, 0.6) is 0 Å². The summed E-state index contributed by atoms with van der Waals surface area (Å²) in [6.45, 7) is 7.59. The molecule has 0 atom stereocenters. The van der Waals surface area contributed by atoms with E-state index in [1.165, 1.54) is 4.90 Å². The smallest absolute Gasteiger partial charge is 0.298 e. The Hall–Kier alpha value is -3.32. The second kappa shape index (κ2) is 9.67. The number of amides is 3. The van der Waals surface area contributed by atoms with E-state index < -0.39 is 0 Å². The van der Waals surface area contributed by atoms with E-state index in [-0.39, 0.29) is 23.6 Å². The molecule has 1 aliphatic heterocycles. The number of aromatic nitrogens is 1. The molecule has 1 aliphatic rings. The van der Waals surface area contributed by atoms with Gasteiger partial charge in [0, 0.05) is 30.2 Å². The highest BCUT2D eigenvalue weighted by Crippen LogP contribution is 2.37. The third-order valence-electron chi connectivity index (χ3n) is 5.91. The van der Waals surface area contributed by atoms with E-state index in [9.17, 15) is 14.4 Å². The monoisotopic (exact) mass is 461 g/mol. The largest absolute Gasteiger partial charge is 0.342 e. The summed E-state index contributed by atoms with van der Waals surface area (Å²) in [7, 11) is 0. The van der Waals surface area contributed by atoms with Crippen LogP contribution in [0.2, 0.25) is 0 Å². The highest BCUT2D eigenvalue weighted by atomic mass is 32.2. The zero-order valence-electron chi connectivity index (χ0n) is 19.1. The van der Waals surface area contributed by atoms with Crippen molar-refractivity contribution in [3.63, 3.8) is 0 Å². The SMILES string of the molecule is CCc1cccc2c(/C=C3\SC(=O)N(c4ccccc4)C3=O)cn(CC(=O)N(CC)CC)c12. The average molecular weight is 462 g/mol. The maximum Gasteiger partial charge on any atom is 0.298 e. The van der Waals surface area contributed by atoms with E-state index in [4.69, 9.17) is 0 Å². The van der Waals surface area contributed by atoms with Crippen molar-refractivity contribution < 1.29 is 14.4 Å². The molecule has 7 heteroatoms. The molecule has 33 heavy (non-hydrogen) atoms. The van der Waals surface area contributed by atoms with Gasteiger partial charge < -0.3 is 9.47 Å². The Balaban J connectivity index is 1.76. The summed E-state index contributed by atoms with van der Waals surface area (Å²) in [5, 5.41) is 0.653. The Kier molecular flexibility index (Phi) is 6.70. The topological polar surface area (TPSA) is 62.6 Å². The van der Waals surface area contributed by atoms with Crippen LogP contribution in [-0.2, 0) is 22.6 Å². The van der Waals surface area contributed by atoms with Crippen LogP contribution in [0, 0.1) is 0 Å². The molecule has 1 fully saturated rings. The second-order valence-corrected chi connectivity index (χ2v) is 8.79. The van der Waals surface area contributed by atoms with Crippen molar-refractivity contribution >= 4 is 51.5 Å². The number of imide groups is 1. The number of rotatable bonds is 7. The fourth-order valence-electron chi connectivity index (χ4n) is 4.22. The molecule has 0 saturated carbocycles. The lowest BCUT2D eigenvalue weighted by Crippen LogP contribution is -2.33. The number of hydrogen-bond donors (Lipinski definition) is 0. The number of thioether (sulfide) groups is 1. The van der Waals surface area contributed by atoms with Crippen LogP contribution in [0.25, 0.3) is 17.0 Å². The number of carbonyl (C=O) groups is 3. The molecule has 6 nitrogen and oxygen atoms in total. The summed E-state index contributed by atoms with van der Waals surface area (Å²) >= 11 is 0.939. The first-order chi connectivity index (χ1) is 16.0. The van der Waals surface area contributed by atoms with Crippen LogP contribution < -0.4 is 4.90 Å². The lowest BCUT2D eigenvalue weighted by Gasteiger charge is -2.19. The first-order valence-corrected chi connectivity index (χ1v) is 12.0. The van der Waals surface area contributed by atoms with Gasteiger partial charge in [-0.3, -0.25) is 14.4 Å². The number of likely N-dealkylation sites (N-methyl/N-ethyl adjacent to an activating group) is 1. The lowest BCUT2D eigenvalue weighted by molar-refractivity contribution is -0.131. The minimum atomic E-state index is -0.331. The minimum Gasteiger partial charge on any atom is -0.342 e. The fourth-order valence-corrected chi connectivity index (χ4v) is 5.05. The molecule has 2 heterocycles. The van der Waals surface area contributed by atoms with Gasteiger partial charge in [-0.1, -0.05) is 43.3 Å². The third kappa shape index (κ3) is 4.33. The normalized spacial score (nSPS) is 15.1. The standard InChI is InChI=1S/C26H27N3O3S/c1-4-18-11-10-14-21-19(16-28(24(18)21)17-23(30)27(5-2)6-3)15-22-25(31)29(26(32)33-22)20-12-8-7-9-13-20/h7-16H,4-6,17H2,1-3H3/b22-15-.